The Bertz CT molecular complexity index is 430. The molecule has 0 saturated carbocycles. The molecule has 2 fully saturated rings. The van der Waals surface area contributed by atoms with E-state index < -0.39 is 10.0 Å². The lowest BCUT2D eigenvalue weighted by Gasteiger charge is -2.30. The Hall–Kier alpha value is -0.460. The highest BCUT2D eigenvalue weighted by molar-refractivity contribution is 7.88. The minimum absolute atomic E-state index is 0.215. The molecule has 0 radical (unpaired) electrons. The van der Waals surface area contributed by atoms with Crippen LogP contribution in [-0.2, 0) is 14.8 Å². The number of hydrogen-bond donors (Lipinski definition) is 1. The minimum atomic E-state index is -3.11. The third kappa shape index (κ3) is 4.82. The number of ketones is 1. The van der Waals surface area contributed by atoms with Crippen molar-refractivity contribution >= 4 is 15.8 Å². The number of piperidine rings is 1. The van der Waals surface area contributed by atoms with Crippen LogP contribution in [0.15, 0.2) is 0 Å². The lowest BCUT2D eigenvalue weighted by atomic mass is 9.91. The molecule has 2 unspecified atom stereocenters. The average Bonchev–Trinajstić information content (AvgIpc) is 2.89. The van der Waals surface area contributed by atoms with Crippen molar-refractivity contribution in [1.82, 2.24) is 9.62 Å². The SMILES string of the molecule is CS(=O)(=O)N1CCCC(CC(=O)CCC2CCNC2)C1. The van der Waals surface area contributed by atoms with Crippen molar-refractivity contribution in [3.8, 4) is 0 Å². The molecule has 0 bridgehead atoms. The minimum Gasteiger partial charge on any atom is -0.316 e. The van der Waals surface area contributed by atoms with Crippen molar-refractivity contribution in [3.05, 3.63) is 0 Å². The number of hydrogen-bond acceptors (Lipinski definition) is 4. The molecule has 0 aromatic rings. The summed E-state index contributed by atoms with van der Waals surface area (Å²) in [5.41, 5.74) is 0. The quantitative estimate of drug-likeness (QED) is 0.795. The monoisotopic (exact) mass is 302 g/mol. The summed E-state index contributed by atoms with van der Waals surface area (Å²) in [6.45, 7) is 3.25. The van der Waals surface area contributed by atoms with Gasteiger partial charge in [-0.25, -0.2) is 12.7 Å². The van der Waals surface area contributed by atoms with E-state index in [-0.39, 0.29) is 5.92 Å². The zero-order valence-electron chi connectivity index (χ0n) is 12.3. The Morgan fingerprint density at radius 1 is 1.30 bits per heavy atom. The van der Waals surface area contributed by atoms with Crippen molar-refractivity contribution in [2.24, 2.45) is 11.8 Å². The summed E-state index contributed by atoms with van der Waals surface area (Å²) in [5, 5.41) is 3.32. The second-order valence-electron chi connectivity index (χ2n) is 6.27. The lowest BCUT2D eigenvalue weighted by molar-refractivity contribution is -0.120. The Morgan fingerprint density at radius 2 is 2.10 bits per heavy atom. The normalized spacial score (nSPS) is 28.6. The molecule has 2 saturated heterocycles. The van der Waals surface area contributed by atoms with Gasteiger partial charge in [-0.1, -0.05) is 0 Å². The van der Waals surface area contributed by atoms with Gasteiger partial charge in [0, 0.05) is 25.9 Å². The molecule has 6 heteroatoms. The van der Waals surface area contributed by atoms with Crippen molar-refractivity contribution in [2.45, 2.75) is 38.5 Å². The first kappa shape index (κ1) is 15.9. The van der Waals surface area contributed by atoms with Gasteiger partial charge in [0.25, 0.3) is 0 Å². The maximum absolute atomic E-state index is 12.0. The first-order chi connectivity index (χ1) is 9.45. The molecule has 2 aliphatic rings. The maximum atomic E-state index is 12.0. The first-order valence-electron chi connectivity index (χ1n) is 7.62. The molecule has 0 aliphatic carbocycles. The van der Waals surface area contributed by atoms with Gasteiger partial charge in [0.15, 0.2) is 0 Å². The Labute approximate surface area is 122 Å². The van der Waals surface area contributed by atoms with E-state index in [1.807, 2.05) is 0 Å². The molecule has 2 rings (SSSR count). The van der Waals surface area contributed by atoms with Crippen LogP contribution in [-0.4, -0.2) is 50.9 Å². The van der Waals surface area contributed by atoms with Gasteiger partial charge in [0.2, 0.25) is 10.0 Å². The van der Waals surface area contributed by atoms with Crippen LogP contribution in [0.2, 0.25) is 0 Å². The highest BCUT2D eigenvalue weighted by Crippen LogP contribution is 2.23. The van der Waals surface area contributed by atoms with Crippen LogP contribution in [0.1, 0.15) is 38.5 Å². The molecule has 5 nitrogen and oxygen atoms in total. The standard InChI is InChI=1S/C14H26N2O3S/c1-20(18,19)16-8-2-3-13(11-16)9-14(17)5-4-12-6-7-15-10-12/h12-13,15H,2-11H2,1H3. The van der Waals surface area contributed by atoms with Crippen molar-refractivity contribution in [1.29, 1.82) is 0 Å². The largest absolute Gasteiger partial charge is 0.316 e. The van der Waals surface area contributed by atoms with E-state index in [9.17, 15) is 13.2 Å². The van der Waals surface area contributed by atoms with Gasteiger partial charge >= 0.3 is 0 Å². The van der Waals surface area contributed by atoms with Crippen LogP contribution in [0.3, 0.4) is 0 Å². The first-order valence-corrected chi connectivity index (χ1v) is 9.47. The number of nitrogens with zero attached hydrogens (tertiary/aromatic N) is 1. The molecule has 2 aliphatic heterocycles. The van der Waals surface area contributed by atoms with Gasteiger partial charge in [0.1, 0.15) is 5.78 Å². The third-order valence-corrected chi connectivity index (χ3v) is 5.73. The molecule has 1 N–H and O–H groups in total. The highest BCUT2D eigenvalue weighted by atomic mass is 32.2. The van der Waals surface area contributed by atoms with Crippen LogP contribution >= 0.6 is 0 Å². The summed E-state index contributed by atoms with van der Waals surface area (Å²) in [5.74, 6) is 1.17. The van der Waals surface area contributed by atoms with Gasteiger partial charge in [-0.2, -0.15) is 0 Å². The van der Waals surface area contributed by atoms with E-state index in [1.54, 1.807) is 0 Å². The van der Waals surface area contributed by atoms with E-state index in [0.29, 0.717) is 37.6 Å². The number of nitrogens with one attached hydrogen (secondary N) is 1. The van der Waals surface area contributed by atoms with Crippen molar-refractivity contribution in [3.63, 3.8) is 0 Å². The zero-order chi connectivity index (χ0) is 14.6. The molecule has 0 spiro atoms. The number of carbonyl (C=O) groups is 1. The van der Waals surface area contributed by atoms with Crippen molar-refractivity contribution in [2.75, 3.05) is 32.4 Å². The Morgan fingerprint density at radius 3 is 2.75 bits per heavy atom. The fourth-order valence-corrected chi connectivity index (χ4v) is 4.19. The molecular formula is C14H26N2O3S. The maximum Gasteiger partial charge on any atom is 0.211 e. The summed E-state index contributed by atoms with van der Waals surface area (Å²) < 4.78 is 24.6. The molecule has 0 aromatic heterocycles. The summed E-state index contributed by atoms with van der Waals surface area (Å²) in [6, 6.07) is 0. The van der Waals surface area contributed by atoms with E-state index in [0.717, 1.165) is 32.4 Å². The van der Waals surface area contributed by atoms with Crippen LogP contribution in [0.5, 0.6) is 0 Å². The van der Waals surface area contributed by atoms with Crippen LogP contribution < -0.4 is 5.32 Å². The number of carbonyl (C=O) groups excluding carboxylic acids is 1. The molecule has 0 aromatic carbocycles. The van der Waals surface area contributed by atoms with Crippen LogP contribution in [0, 0.1) is 11.8 Å². The number of sulfonamides is 1. The highest BCUT2D eigenvalue weighted by Gasteiger charge is 2.27. The summed E-state index contributed by atoms with van der Waals surface area (Å²) >= 11 is 0. The molecule has 116 valence electrons. The molecule has 20 heavy (non-hydrogen) atoms. The van der Waals surface area contributed by atoms with Crippen LogP contribution in [0.25, 0.3) is 0 Å². The smallest absolute Gasteiger partial charge is 0.211 e. The number of Topliss-reactive ketones (excluding diaryl/α,β-unsaturated/α-hetero) is 1. The van der Waals surface area contributed by atoms with E-state index >= 15 is 0 Å². The molecule has 2 atom stereocenters. The van der Waals surface area contributed by atoms with Crippen LogP contribution in [0.4, 0.5) is 0 Å². The fraction of sp³-hybridized carbons (Fsp3) is 0.929. The second-order valence-corrected chi connectivity index (χ2v) is 8.25. The van der Waals surface area contributed by atoms with E-state index in [4.69, 9.17) is 0 Å². The summed E-state index contributed by atoms with van der Waals surface area (Å²) in [6.07, 6.45) is 6.46. The lowest BCUT2D eigenvalue weighted by Crippen LogP contribution is -2.39. The van der Waals surface area contributed by atoms with E-state index in [1.165, 1.54) is 17.0 Å². The molecule has 2 heterocycles. The third-order valence-electron chi connectivity index (χ3n) is 4.46. The predicted octanol–water partition coefficient (Wildman–Crippen LogP) is 1.01. The van der Waals surface area contributed by atoms with E-state index in [2.05, 4.69) is 5.32 Å². The van der Waals surface area contributed by atoms with Gasteiger partial charge in [-0.05, 0) is 50.6 Å². The van der Waals surface area contributed by atoms with Gasteiger partial charge < -0.3 is 5.32 Å². The summed E-state index contributed by atoms with van der Waals surface area (Å²) in [7, 11) is -3.11. The fourth-order valence-electron chi connectivity index (χ4n) is 3.24. The van der Waals surface area contributed by atoms with Crippen molar-refractivity contribution < 1.29 is 13.2 Å². The molecular weight excluding hydrogens is 276 g/mol. The molecule has 0 amide bonds. The number of rotatable bonds is 6. The zero-order valence-corrected chi connectivity index (χ0v) is 13.1. The van der Waals surface area contributed by atoms with Gasteiger partial charge in [-0.15, -0.1) is 0 Å². The summed E-state index contributed by atoms with van der Waals surface area (Å²) in [4.78, 5) is 12.0. The Balaban J connectivity index is 1.73. The predicted molar refractivity (Wildman–Crippen MR) is 79.0 cm³/mol. The second kappa shape index (κ2) is 7.00. The Kier molecular flexibility index (Phi) is 5.57. The average molecular weight is 302 g/mol. The topological polar surface area (TPSA) is 66.5 Å². The van der Waals surface area contributed by atoms with Gasteiger partial charge in [-0.3, -0.25) is 4.79 Å². The van der Waals surface area contributed by atoms with Gasteiger partial charge in [0.05, 0.1) is 6.26 Å².